The second-order valence-corrected chi connectivity index (χ2v) is 5.66. The van der Waals surface area contributed by atoms with Crippen molar-refractivity contribution < 1.29 is 10.2 Å². The highest BCUT2D eigenvalue weighted by Gasteiger charge is 2.15. The van der Waals surface area contributed by atoms with Crippen molar-refractivity contribution >= 4 is 21.5 Å². The number of aliphatic hydroxyl groups is 1. The lowest BCUT2D eigenvalue weighted by Gasteiger charge is -2.16. The molecule has 0 fully saturated rings. The molecule has 4 aromatic carbocycles. The Morgan fingerprint density at radius 2 is 1.17 bits per heavy atom. The zero-order chi connectivity index (χ0) is 15.8. The molecule has 0 aliphatic rings. The molecule has 0 saturated heterocycles. The minimum absolute atomic E-state index is 0.0666. The van der Waals surface area contributed by atoms with E-state index in [1.807, 2.05) is 66.7 Å². The van der Waals surface area contributed by atoms with Gasteiger partial charge in [-0.05, 0) is 38.7 Å². The van der Waals surface area contributed by atoms with E-state index in [0.717, 1.165) is 38.2 Å². The van der Waals surface area contributed by atoms with Gasteiger partial charge in [-0.1, -0.05) is 66.7 Å². The molecule has 0 spiro atoms. The molecule has 0 unspecified atom stereocenters. The van der Waals surface area contributed by atoms with Gasteiger partial charge in [-0.2, -0.15) is 0 Å². The lowest BCUT2D eigenvalue weighted by atomic mass is 9.90. The molecule has 0 aliphatic heterocycles. The summed E-state index contributed by atoms with van der Waals surface area (Å²) in [5.41, 5.74) is 2.50. The molecule has 0 aliphatic carbocycles. The van der Waals surface area contributed by atoms with Crippen molar-refractivity contribution in [3.05, 3.63) is 78.4 Å². The zero-order valence-corrected chi connectivity index (χ0v) is 12.5. The van der Waals surface area contributed by atoms with Gasteiger partial charge < -0.3 is 10.2 Å². The summed E-state index contributed by atoms with van der Waals surface area (Å²) in [5, 5.41) is 24.6. The largest absolute Gasteiger partial charge is 0.507 e. The molecule has 2 N–H and O–H groups in total. The van der Waals surface area contributed by atoms with Crippen molar-refractivity contribution in [3.8, 4) is 16.9 Å². The van der Waals surface area contributed by atoms with Crippen molar-refractivity contribution in [3.63, 3.8) is 0 Å². The SMILES string of the molecule is OCc1ccc2ccccc2c1-c1c(O)ccc2ccccc12. The summed E-state index contributed by atoms with van der Waals surface area (Å²) in [6.45, 7) is -0.0666. The maximum Gasteiger partial charge on any atom is 0.124 e. The molecule has 0 atom stereocenters. The van der Waals surface area contributed by atoms with Crippen LogP contribution in [0.3, 0.4) is 0 Å². The van der Waals surface area contributed by atoms with Crippen LogP contribution in [0.15, 0.2) is 72.8 Å². The van der Waals surface area contributed by atoms with Gasteiger partial charge in [0.05, 0.1) is 6.61 Å². The van der Waals surface area contributed by atoms with Gasteiger partial charge in [0, 0.05) is 5.56 Å². The first-order valence-corrected chi connectivity index (χ1v) is 7.62. The van der Waals surface area contributed by atoms with Gasteiger partial charge in [0.1, 0.15) is 5.75 Å². The Morgan fingerprint density at radius 1 is 0.609 bits per heavy atom. The molecule has 0 radical (unpaired) electrons. The van der Waals surface area contributed by atoms with Crippen molar-refractivity contribution in [1.82, 2.24) is 0 Å². The van der Waals surface area contributed by atoms with E-state index in [1.165, 1.54) is 0 Å². The predicted molar refractivity (Wildman–Crippen MR) is 94.5 cm³/mol. The van der Waals surface area contributed by atoms with E-state index in [4.69, 9.17) is 0 Å². The fourth-order valence-corrected chi connectivity index (χ4v) is 3.27. The number of aromatic hydroxyl groups is 1. The van der Waals surface area contributed by atoms with Gasteiger partial charge in [-0.15, -0.1) is 0 Å². The van der Waals surface area contributed by atoms with Gasteiger partial charge in [-0.25, -0.2) is 0 Å². The number of benzene rings is 4. The molecular weight excluding hydrogens is 284 g/mol. The Labute approximate surface area is 134 Å². The molecule has 0 bridgehead atoms. The number of fused-ring (bicyclic) bond motifs is 2. The fourth-order valence-electron chi connectivity index (χ4n) is 3.27. The highest BCUT2D eigenvalue weighted by Crippen LogP contribution is 2.41. The first kappa shape index (κ1) is 13.8. The van der Waals surface area contributed by atoms with Crippen molar-refractivity contribution in [1.29, 1.82) is 0 Å². The maximum absolute atomic E-state index is 10.6. The third-order valence-corrected chi connectivity index (χ3v) is 4.34. The molecule has 2 heteroatoms. The van der Waals surface area contributed by atoms with Gasteiger partial charge in [0.2, 0.25) is 0 Å². The molecule has 0 heterocycles. The lowest BCUT2D eigenvalue weighted by Crippen LogP contribution is -1.93. The average Bonchev–Trinajstić information content (AvgIpc) is 2.61. The minimum Gasteiger partial charge on any atom is -0.507 e. The number of phenolic OH excluding ortho intramolecular Hbond substituents is 1. The minimum atomic E-state index is -0.0666. The van der Waals surface area contributed by atoms with Crippen molar-refractivity contribution in [2.24, 2.45) is 0 Å². The summed E-state index contributed by atoms with van der Waals surface area (Å²) in [4.78, 5) is 0. The third kappa shape index (κ3) is 2.16. The van der Waals surface area contributed by atoms with Crippen LogP contribution in [0.1, 0.15) is 5.56 Å². The van der Waals surface area contributed by atoms with Gasteiger partial charge >= 0.3 is 0 Å². The Bertz CT molecular complexity index is 1020. The van der Waals surface area contributed by atoms with E-state index in [-0.39, 0.29) is 12.4 Å². The molecule has 2 nitrogen and oxygen atoms in total. The van der Waals surface area contributed by atoms with Crippen LogP contribution in [0, 0.1) is 0 Å². The Hall–Kier alpha value is -2.84. The highest BCUT2D eigenvalue weighted by atomic mass is 16.3. The van der Waals surface area contributed by atoms with Gasteiger partial charge in [0.25, 0.3) is 0 Å². The van der Waals surface area contributed by atoms with Gasteiger partial charge in [-0.3, -0.25) is 0 Å². The maximum atomic E-state index is 10.6. The van der Waals surface area contributed by atoms with Crippen LogP contribution in [-0.4, -0.2) is 10.2 Å². The summed E-state index contributed by atoms with van der Waals surface area (Å²) in [5.74, 6) is 0.231. The van der Waals surface area contributed by atoms with Crippen LogP contribution >= 0.6 is 0 Å². The van der Waals surface area contributed by atoms with Crippen molar-refractivity contribution in [2.45, 2.75) is 6.61 Å². The van der Waals surface area contributed by atoms with Crippen LogP contribution in [0.25, 0.3) is 32.7 Å². The van der Waals surface area contributed by atoms with Crippen LogP contribution in [0.4, 0.5) is 0 Å². The quantitative estimate of drug-likeness (QED) is 0.555. The molecule has 112 valence electrons. The van der Waals surface area contributed by atoms with Gasteiger partial charge in [0.15, 0.2) is 0 Å². The van der Waals surface area contributed by atoms with E-state index in [0.29, 0.717) is 0 Å². The summed E-state index contributed by atoms with van der Waals surface area (Å²) in [6.07, 6.45) is 0. The first-order chi connectivity index (χ1) is 11.3. The molecule has 0 saturated carbocycles. The van der Waals surface area contributed by atoms with Crippen LogP contribution in [0.2, 0.25) is 0 Å². The number of hydrogen-bond donors (Lipinski definition) is 2. The van der Waals surface area contributed by atoms with Crippen LogP contribution < -0.4 is 0 Å². The molecule has 23 heavy (non-hydrogen) atoms. The Morgan fingerprint density at radius 3 is 1.83 bits per heavy atom. The lowest BCUT2D eigenvalue weighted by molar-refractivity contribution is 0.282. The monoisotopic (exact) mass is 300 g/mol. The zero-order valence-electron chi connectivity index (χ0n) is 12.5. The Balaban J connectivity index is 2.21. The van der Waals surface area contributed by atoms with Crippen molar-refractivity contribution in [2.75, 3.05) is 0 Å². The standard InChI is InChI=1S/C21H16O2/c22-13-16-10-9-14-5-1-3-7-17(14)20(16)21-18-8-4-2-6-15(18)11-12-19(21)23/h1-12,22-23H,13H2. The van der Waals surface area contributed by atoms with E-state index in [9.17, 15) is 10.2 Å². The molecule has 4 rings (SSSR count). The molecule has 0 amide bonds. The smallest absolute Gasteiger partial charge is 0.124 e. The molecule has 4 aromatic rings. The van der Waals surface area contributed by atoms with E-state index in [2.05, 4.69) is 0 Å². The highest BCUT2D eigenvalue weighted by molar-refractivity contribution is 6.08. The van der Waals surface area contributed by atoms with E-state index < -0.39 is 0 Å². The first-order valence-electron chi connectivity index (χ1n) is 7.62. The second-order valence-electron chi connectivity index (χ2n) is 5.66. The number of rotatable bonds is 2. The van der Waals surface area contributed by atoms with E-state index in [1.54, 1.807) is 6.07 Å². The Kier molecular flexibility index (Phi) is 3.25. The summed E-state index contributed by atoms with van der Waals surface area (Å²) in [6, 6.07) is 23.6. The second kappa shape index (κ2) is 5.41. The molecular formula is C21H16O2. The summed E-state index contributed by atoms with van der Waals surface area (Å²) >= 11 is 0. The fraction of sp³-hybridized carbons (Fsp3) is 0.0476. The summed E-state index contributed by atoms with van der Waals surface area (Å²) < 4.78 is 0. The number of aliphatic hydroxyl groups excluding tert-OH is 1. The summed E-state index contributed by atoms with van der Waals surface area (Å²) in [7, 11) is 0. The predicted octanol–water partition coefficient (Wildman–Crippen LogP) is 4.86. The number of phenols is 1. The van der Waals surface area contributed by atoms with Crippen LogP contribution in [-0.2, 0) is 6.61 Å². The van der Waals surface area contributed by atoms with Crippen LogP contribution in [0.5, 0.6) is 5.75 Å². The van der Waals surface area contributed by atoms with E-state index >= 15 is 0 Å². The molecule has 0 aromatic heterocycles. The normalized spacial score (nSPS) is 11.2. The topological polar surface area (TPSA) is 40.5 Å². The number of hydrogen-bond acceptors (Lipinski definition) is 2. The average molecular weight is 300 g/mol. The third-order valence-electron chi connectivity index (χ3n) is 4.34.